The minimum absolute atomic E-state index is 0.0831. The van der Waals surface area contributed by atoms with Crippen molar-refractivity contribution in [3.8, 4) is 22.3 Å². The van der Waals surface area contributed by atoms with Gasteiger partial charge in [0.25, 0.3) is 0 Å². The van der Waals surface area contributed by atoms with Crippen LogP contribution in [0.3, 0.4) is 0 Å². The van der Waals surface area contributed by atoms with Gasteiger partial charge in [-0.2, -0.15) is 0 Å². The first kappa shape index (κ1) is 33.8. The Morgan fingerprint density at radius 3 is 1.38 bits per heavy atom. The fourth-order valence-corrected chi connectivity index (χ4v) is 5.13. The summed E-state index contributed by atoms with van der Waals surface area (Å²) in [7, 11) is 0. The van der Waals surface area contributed by atoms with E-state index >= 15 is 0 Å². The van der Waals surface area contributed by atoms with E-state index in [1.165, 1.54) is 12.1 Å². The van der Waals surface area contributed by atoms with E-state index in [9.17, 15) is 13.9 Å². The number of hydrogen-bond donors (Lipinski definition) is 1. The van der Waals surface area contributed by atoms with Crippen LogP contribution in [0.15, 0.2) is 72.8 Å². The van der Waals surface area contributed by atoms with Crippen molar-refractivity contribution in [3.63, 3.8) is 0 Å². The van der Waals surface area contributed by atoms with Crippen LogP contribution in [0.25, 0.3) is 22.3 Å². The molecule has 1 nitrogen and oxygen atoms in total. The zero-order chi connectivity index (χ0) is 31.6. The van der Waals surface area contributed by atoms with Crippen LogP contribution in [-0.2, 0) is 0 Å². The van der Waals surface area contributed by atoms with Crippen LogP contribution < -0.4 is 0 Å². The molecule has 0 saturated carbocycles. The molecule has 0 aliphatic carbocycles. The van der Waals surface area contributed by atoms with E-state index in [-0.39, 0.29) is 28.4 Å². The van der Waals surface area contributed by atoms with Crippen molar-refractivity contribution in [2.24, 2.45) is 10.8 Å². The van der Waals surface area contributed by atoms with Crippen LogP contribution in [0.2, 0.25) is 10.0 Å². The van der Waals surface area contributed by atoms with Gasteiger partial charge in [-0.05, 0) is 101 Å². The monoisotopic (exact) mass is 610 g/mol. The van der Waals surface area contributed by atoms with Gasteiger partial charge in [0.05, 0.1) is 6.10 Å². The molecule has 0 aromatic heterocycles. The summed E-state index contributed by atoms with van der Waals surface area (Å²) < 4.78 is 28.4. The lowest BCUT2D eigenvalue weighted by atomic mass is 9.75. The SMILES string of the molecule is Cc1ccc(F)c(-c2ccc(Cl)cc2C(C)C(C)(C)C)c1.Cc1ccc(F)c(-c2ccc(Cl)cc2C(O)C(C)(C)C)c1. The van der Waals surface area contributed by atoms with Gasteiger partial charge in [-0.15, -0.1) is 0 Å². The van der Waals surface area contributed by atoms with Crippen LogP contribution in [0.1, 0.15) is 82.7 Å². The van der Waals surface area contributed by atoms with Gasteiger partial charge >= 0.3 is 0 Å². The van der Waals surface area contributed by atoms with Crippen molar-refractivity contribution in [1.82, 2.24) is 0 Å². The number of halogens is 4. The van der Waals surface area contributed by atoms with Crippen molar-refractivity contribution in [2.75, 3.05) is 0 Å². The first-order valence-corrected chi connectivity index (χ1v) is 15.0. The first-order chi connectivity index (χ1) is 19.4. The average Bonchev–Trinajstić information content (AvgIpc) is 2.90. The molecule has 0 radical (unpaired) electrons. The van der Waals surface area contributed by atoms with Gasteiger partial charge in [0.2, 0.25) is 0 Å². The predicted molar refractivity (Wildman–Crippen MR) is 175 cm³/mol. The van der Waals surface area contributed by atoms with Crippen LogP contribution in [0.5, 0.6) is 0 Å². The molecule has 1 N–H and O–H groups in total. The molecule has 0 aliphatic heterocycles. The largest absolute Gasteiger partial charge is 0.388 e. The summed E-state index contributed by atoms with van der Waals surface area (Å²) in [6.45, 7) is 18.4. The fourth-order valence-electron chi connectivity index (χ4n) is 4.77. The van der Waals surface area contributed by atoms with E-state index < -0.39 is 6.10 Å². The molecule has 0 amide bonds. The minimum Gasteiger partial charge on any atom is -0.388 e. The Kier molecular flexibility index (Phi) is 10.7. The summed E-state index contributed by atoms with van der Waals surface area (Å²) in [4.78, 5) is 0. The van der Waals surface area contributed by atoms with Crippen LogP contribution in [-0.4, -0.2) is 5.11 Å². The lowest BCUT2D eigenvalue weighted by Crippen LogP contribution is -2.18. The molecular weight excluding hydrogens is 569 g/mol. The molecule has 0 fully saturated rings. The van der Waals surface area contributed by atoms with E-state index in [1.54, 1.807) is 36.4 Å². The number of rotatable bonds is 4. The van der Waals surface area contributed by atoms with Crippen molar-refractivity contribution in [1.29, 1.82) is 0 Å². The third kappa shape index (κ3) is 8.22. The number of aryl methyl sites for hydroxylation is 2. The van der Waals surface area contributed by atoms with E-state index in [2.05, 4.69) is 27.7 Å². The smallest absolute Gasteiger partial charge is 0.131 e. The van der Waals surface area contributed by atoms with Crippen molar-refractivity contribution in [2.45, 2.75) is 74.3 Å². The molecule has 0 saturated heterocycles. The summed E-state index contributed by atoms with van der Waals surface area (Å²) in [5.41, 5.74) is 6.25. The van der Waals surface area contributed by atoms with Gasteiger partial charge < -0.3 is 5.11 Å². The lowest BCUT2D eigenvalue weighted by Gasteiger charge is -2.29. The predicted octanol–water partition coefficient (Wildman–Crippen LogP) is 12.1. The minimum atomic E-state index is -0.730. The summed E-state index contributed by atoms with van der Waals surface area (Å²) in [6, 6.07) is 21.1. The van der Waals surface area contributed by atoms with Crippen molar-refractivity contribution >= 4 is 23.2 Å². The molecule has 0 aliphatic rings. The standard InChI is InChI=1S/C19H22ClF.C18H20ClFO/c1-12-6-9-18(21)17(10-12)15-8-7-14(20)11-16(15)13(2)19(3,4)5;1-11-5-8-16(20)14(9-11)13-7-6-12(19)10-15(13)17(21)18(2,3)4/h6-11,13H,1-5H3;5-10,17,21H,1-4H3. The zero-order valence-corrected chi connectivity index (χ0v) is 27.6. The summed E-state index contributed by atoms with van der Waals surface area (Å²) in [5.74, 6) is -0.221. The number of aliphatic hydroxyl groups excluding tert-OH is 1. The molecule has 0 spiro atoms. The number of aliphatic hydroxyl groups is 1. The van der Waals surface area contributed by atoms with E-state index in [1.807, 2.05) is 58.9 Å². The quantitative estimate of drug-likeness (QED) is 0.243. The third-order valence-electron chi connectivity index (χ3n) is 7.73. The van der Waals surface area contributed by atoms with Crippen LogP contribution in [0.4, 0.5) is 8.78 Å². The van der Waals surface area contributed by atoms with Gasteiger partial charge in [0.15, 0.2) is 0 Å². The number of benzene rings is 4. The van der Waals surface area contributed by atoms with Crippen LogP contribution >= 0.6 is 23.2 Å². The Labute approximate surface area is 260 Å². The second-order valence-electron chi connectivity index (χ2n) is 13.3. The average molecular weight is 612 g/mol. The summed E-state index contributed by atoms with van der Waals surface area (Å²) >= 11 is 12.2. The molecule has 4 aromatic carbocycles. The highest BCUT2D eigenvalue weighted by Gasteiger charge is 2.28. The maximum atomic E-state index is 14.3. The van der Waals surface area contributed by atoms with Gasteiger partial charge in [-0.25, -0.2) is 8.78 Å². The molecular formula is C37H42Cl2F2O. The molecule has 4 aromatic rings. The molecule has 42 heavy (non-hydrogen) atoms. The van der Waals surface area contributed by atoms with Crippen molar-refractivity contribution < 1.29 is 13.9 Å². The molecule has 5 heteroatoms. The van der Waals surface area contributed by atoms with Gasteiger partial charge in [0, 0.05) is 21.2 Å². The van der Waals surface area contributed by atoms with E-state index in [4.69, 9.17) is 23.2 Å². The Bertz CT molecular complexity index is 1430. The first-order valence-electron chi connectivity index (χ1n) is 14.2. The molecule has 2 atom stereocenters. The second kappa shape index (κ2) is 13.3. The third-order valence-corrected chi connectivity index (χ3v) is 8.20. The highest BCUT2D eigenvalue weighted by molar-refractivity contribution is 6.31. The van der Waals surface area contributed by atoms with Gasteiger partial charge in [0.1, 0.15) is 11.6 Å². The normalized spacial score (nSPS) is 13.3. The fraction of sp³-hybridized carbons (Fsp3) is 0.351. The van der Waals surface area contributed by atoms with E-state index in [0.717, 1.165) is 22.3 Å². The highest BCUT2D eigenvalue weighted by atomic mass is 35.5. The maximum Gasteiger partial charge on any atom is 0.131 e. The zero-order valence-electron chi connectivity index (χ0n) is 26.0. The van der Waals surface area contributed by atoms with Gasteiger partial charge in [-0.3, -0.25) is 0 Å². The Morgan fingerprint density at radius 1 is 0.571 bits per heavy atom. The van der Waals surface area contributed by atoms with Gasteiger partial charge in [-0.1, -0.05) is 107 Å². The molecule has 0 bridgehead atoms. The Hall–Kier alpha value is -2.72. The topological polar surface area (TPSA) is 20.2 Å². The molecule has 4 rings (SSSR count). The Balaban J connectivity index is 0.000000230. The Morgan fingerprint density at radius 2 is 0.976 bits per heavy atom. The molecule has 2 unspecified atom stereocenters. The van der Waals surface area contributed by atoms with Crippen LogP contribution in [0, 0.1) is 36.3 Å². The molecule has 0 heterocycles. The second-order valence-corrected chi connectivity index (χ2v) is 14.2. The highest BCUT2D eigenvalue weighted by Crippen LogP contribution is 2.42. The summed E-state index contributed by atoms with van der Waals surface area (Å²) in [6.07, 6.45) is -0.730. The molecule has 224 valence electrons. The number of hydrogen-bond acceptors (Lipinski definition) is 1. The van der Waals surface area contributed by atoms with Crippen molar-refractivity contribution in [3.05, 3.63) is 117 Å². The van der Waals surface area contributed by atoms with E-state index in [0.29, 0.717) is 32.3 Å². The maximum absolute atomic E-state index is 14.3. The lowest BCUT2D eigenvalue weighted by molar-refractivity contribution is 0.0631. The summed E-state index contributed by atoms with van der Waals surface area (Å²) in [5, 5.41) is 11.8.